The number of aromatic nitrogens is 2. The predicted molar refractivity (Wildman–Crippen MR) is 82.4 cm³/mol. The Labute approximate surface area is 120 Å². The molecule has 0 aliphatic carbocycles. The lowest BCUT2D eigenvalue weighted by Gasteiger charge is -2.05. The maximum absolute atomic E-state index is 7.61. The second kappa shape index (κ2) is 5.02. The summed E-state index contributed by atoms with van der Waals surface area (Å²) in [6, 6.07) is 13.7. The van der Waals surface area contributed by atoms with E-state index >= 15 is 0 Å². The van der Waals surface area contributed by atoms with Gasteiger partial charge >= 0.3 is 0 Å². The average molecular weight is 282 g/mol. The van der Waals surface area contributed by atoms with Gasteiger partial charge in [-0.25, -0.2) is 4.98 Å². The van der Waals surface area contributed by atoms with Gasteiger partial charge in [0.05, 0.1) is 11.0 Å². The molecular formula is C15H14N4S. The molecule has 0 bridgehead atoms. The Balaban J connectivity index is 1.99. The zero-order chi connectivity index (χ0) is 14.1. The average Bonchev–Trinajstić information content (AvgIpc) is 2.80. The van der Waals surface area contributed by atoms with E-state index in [1.165, 1.54) is 17.3 Å². The molecule has 1 heterocycles. The van der Waals surface area contributed by atoms with Crippen LogP contribution in [-0.4, -0.2) is 15.8 Å². The van der Waals surface area contributed by atoms with Gasteiger partial charge in [-0.3, -0.25) is 5.41 Å². The second-order valence-electron chi connectivity index (χ2n) is 4.57. The van der Waals surface area contributed by atoms with Crippen LogP contribution in [0, 0.1) is 12.3 Å². The molecule has 0 saturated carbocycles. The van der Waals surface area contributed by atoms with E-state index in [1.807, 2.05) is 36.4 Å². The third-order valence-electron chi connectivity index (χ3n) is 3.00. The molecule has 0 aliphatic rings. The maximum atomic E-state index is 7.61. The van der Waals surface area contributed by atoms with Gasteiger partial charge in [0.1, 0.15) is 5.84 Å². The first kappa shape index (κ1) is 12.7. The van der Waals surface area contributed by atoms with Crippen LogP contribution in [0.4, 0.5) is 0 Å². The smallest absolute Gasteiger partial charge is 0.171 e. The molecule has 0 aliphatic heterocycles. The van der Waals surface area contributed by atoms with Crippen molar-refractivity contribution in [2.24, 2.45) is 5.73 Å². The van der Waals surface area contributed by atoms with E-state index in [1.54, 1.807) is 0 Å². The Bertz CT molecular complexity index is 791. The fourth-order valence-corrected chi connectivity index (χ4v) is 2.98. The number of aryl methyl sites for hydroxylation is 1. The van der Waals surface area contributed by atoms with Crippen molar-refractivity contribution in [3.63, 3.8) is 0 Å². The third kappa shape index (κ3) is 2.40. The number of hydrogen-bond acceptors (Lipinski definition) is 3. The van der Waals surface area contributed by atoms with Crippen LogP contribution >= 0.6 is 11.8 Å². The van der Waals surface area contributed by atoms with Gasteiger partial charge in [0.15, 0.2) is 5.16 Å². The van der Waals surface area contributed by atoms with Crippen LogP contribution in [0.3, 0.4) is 0 Å². The molecular weight excluding hydrogens is 268 g/mol. The maximum Gasteiger partial charge on any atom is 0.171 e. The quantitative estimate of drug-likeness (QED) is 0.509. The third-order valence-corrected chi connectivity index (χ3v) is 3.96. The minimum Gasteiger partial charge on any atom is -0.384 e. The highest BCUT2D eigenvalue weighted by atomic mass is 32.2. The van der Waals surface area contributed by atoms with Crippen LogP contribution in [0.2, 0.25) is 0 Å². The van der Waals surface area contributed by atoms with Crippen LogP contribution in [0.5, 0.6) is 0 Å². The lowest BCUT2D eigenvalue weighted by atomic mass is 10.2. The molecule has 0 radical (unpaired) electrons. The first-order chi connectivity index (χ1) is 9.63. The molecule has 0 spiro atoms. The van der Waals surface area contributed by atoms with Crippen LogP contribution in [0.25, 0.3) is 11.0 Å². The summed E-state index contributed by atoms with van der Waals surface area (Å²) < 4.78 is 0. The number of aromatic amines is 1. The van der Waals surface area contributed by atoms with Gasteiger partial charge < -0.3 is 10.7 Å². The van der Waals surface area contributed by atoms with E-state index in [-0.39, 0.29) is 5.84 Å². The Morgan fingerprint density at radius 2 is 2.05 bits per heavy atom. The summed E-state index contributed by atoms with van der Waals surface area (Å²) in [6.45, 7) is 2.05. The minimum atomic E-state index is 0.0695. The fraction of sp³-hybridized carbons (Fsp3) is 0.0667. The van der Waals surface area contributed by atoms with E-state index < -0.39 is 0 Å². The van der Waals surface area contributed by atoms with Gasteiger partial charge in [0.2, 0.25) is 0 Å². The molecule has 3 rings (SSSR count). The SMILES string of the molecule is Cc1ccc2nc(Sc3ccccc3C(=N)N)[nH]c2c1. The van der Waals surface area contributed by atoms with Gasteiger partial charge in [-0.2, -0.15) is 0 Å². The van der Waals surface area contributed by atoms with Crippen LogP contribution in [0.1, 0.15) is 11.1 Å². The number of nitrogens with zero attached hydrogens (tertiary/aromatic N) is 1. The molecule has 0 amide bonds. The molecule has 5 heteroatoms. The molecule has 0 fully saturated rings. The van der Waals surface area contributed by atoms with Crippen LogP contribution < -0.4 is 5.73 Å². The van der Waals surface area contributed by atoms with Crippen molar-refractivity contribution in [3.05, 3.63) is 53.6 Å². The summed E-state index contributed by atoms with van der Waals surface area (Å²) in [7, 11) is 0. The van der Waals surface area contributed by atoms with Crippen LogP contribution in [0.15, 0.2) is 52.5 Å². The summed E-state index contributed by atoms with van der Waals surface area (Å²) in [6.07, 6.45) is 0. The zero-order valence-electron chi connectivity index (χ0n) is 11.0. The summed E-state index contributed by atoms with van der Waals surface area (Å²) in [5.41, 5.74) is 9.49. The van der Waals surface area contributed by atoms with Crippen LogP contribution in [-0.2, 0) is 0 Å². The summed E-state index contributed by atoms with van der Waals surface area (Å²) in [5, 5.41) is 8.42. The van der Waals surface area contributed by atoms with E-state index in [2.05, 4.69) is 23.0 Å². The molecule has 0 unspecified atom stereocenters. The van der Waals surface area contributed by atoms with Crippen molar-refractivity contribution >= 4 is 28.6 Å². The van der Waals surface area contributed by atoms with E-state index in [0.29, 0.717) is 0 Å². The topological polar surface area (TPSA) is 78.6 Å². The summed E-state index contributed by atoms with van der Waals surface area (Å²) in [4.78, 5) is 8.76. The van der Waals surface area contributed by atoms with Crippen molar-refractivity contribution in [2.45, 2.75) is 17.0 Å². The number of rotatable bonds is 3. The highest BCUT2D eigenvalue weighted by Crippen LogP contribution is 2.29. The van der Waals surface area contributed by atoms with Crippen molar-refractivity contribution in [2.75, 3.05) is 0 Å². The van der Waals surface area contributed by atoms with E-state index in [0.717, 1.165) is 26.6 Å². The molecule has 1 aromatic heterocycles. The Hall–Kier alpha value is -2.27. The van der Waals surface area contributed by atoms with Crippen molar-refractivity contribution in [1.82, 2.24) is 9.97 Å². The lowest BCUT2D eigenvalue weighted by molar-refractivity contribution is 1.08. The summed E-state index contributed by atoms with van der Waals surface area (Å²) in [5.74, 6) is 0.0695. The van der Waals surface area contributed by atoms with Gasteiger partial charge in [0, 0.05) is 10.5 Å². The van der Waals surface area contributed by atoms with E-state index in [4.69, 9.17) is 11.1 Å². The predicted octanol–water partition coefficient (Wildman–Crippen LogP) is 3.31. The number of benzene rings is 2. The number of nitrogens with one attached hydrogen (secondary N) is 2. The van der Waals surface area contributed by atoms with Crippen molar-refractivity contribution in [3.8, 4) is 0 Å². The normalized spacial score (nSPS) is 10.8. The Morgan fingerprint density at radius 1 is 1.25 bits per heavy atom. The molecule has 20 heavy (non-hydrogen) atoms. The van der Waals surface area contributed by atoms with Crippen molar-refractivity contribution < 1.29 is 0 Å². The molecule has 4 nitrogen and oxygen atoms in total. The Kier molecular flexibility index (Phi) is 3.20. The first-order valence-electron chi connectivity index (χ1n) is 6.21. The Morgan fingerprint density at radius 3 is 2.85 bits per heavy atom. The van der Waals surface area contributed by atoms with Crippen molar-refractivity contribution in [1.29, 1.82) is 5.41 Å². The summed E-state index contributed by atoms with van der Waals surface area (Å²) >= 11 is 1.49. The molecule has 2 aromatic carbocycles. The first-order valence-corrected chi connectivity index (χ1v) is 7.03. The molecule has 3 aromatic rings. The van der Waals surface area contributed by atoms with Gasteiger partial charge in [-0.15, -0.1) is 0 Å². The molecule has 0 atom stereocenters. The van der Waals surface area contributed by atoms with E-state index in [9.17, 15) is 0 Å². The molecule has 0 saturated heterocycles. The lowest BCUT2D eigenvalue weighted by Crippen LogP contribution is -2.11. The number of nitrogen functional groups attached to an aromatic ring is 1. The number of fused-ring (bicyclic) bond motifs is 1. The number of nitrogens with two attached hydrogens (primary N) is 1. The number of hydrogen-bond donors (Lipinski definition) is 3. The zero-order valence-corrected chi connectivity index (χ0v) is 11.8. The van der Waals surface area contributed by atoms with Gasteiger partial charge in [-0.1, -0.05) is 36.0 Å². The fourth-order valence-electron chi connectivity index (χ4n) is 2.03. The second-order valence-corrected chi connectivity index (χ2v) is 5.61. The standard InChI is InChI=1S/C15H14N4S/c1-9-6-7-11-12(8-9)19-15(18-11)20-13-5-3-2-4-10(13)14(16)17/h2-8H,1H3,(H3,16,17)(H,18,19). The molecule has 100 valence electrons. The van der Waals surface area contributed by atoms with Gasteiger partial charge in [-0.05, 0) is 30.7 Å². The highest BCUT2D eigenvalue weighted by Gasteiger charge is 2.09. The van der Waals surface area contributed by atoms with Gasteiger partial charge in [0.25, 0.3) is 0 Å². The number of imidazole rings is 1. The number of H-pyrrole nitrogens is 1. The largest absolute Gasteiger partial charge is 0.384 e. The molecule has 4 N–H and O–H groups in total. The highest BCUT2D eigenvalue weighted by molar-refractivity contribution is 7.99. The monoisotopic (exact) mass is 282 g/mol. The number of amidine groups is 1. The minimum absolute atomic E-state index is 0.0695.